The molecule has 2 aliphatic heterocycles. The molecule has 1 N–H and O–H groups in total. The first-order valence-corrected chi connectivity index (χ1v) is 11.0. The minimum absolute atomic E-state index is 0.0747. The molecule has 1 aromatic carbocycles. The number of benzene rings is 1. The normalized spacial score (nSPS) is 20.1. The van der Waals surface area contributed by atoms with Crippen molar-refractivity contribution < 1.29 is 27.4 Å². The van der Waals surface area contributed by atoms with E-state index in [4.69, 9.17) is 14.5 Å². The summed E-state index contributed by atoms with van der Waals surface area (Å²) in [4.78, 5) is 22.9. The second kappa shape index (κ2) is 8.75. The van der Waals surface area contributed by atoms with Crippen molar-refractivity contribution in [1.82, 2.24) is 19.7 Å². The van der Waals surface area contributed by atoms with Gasteiger partial charge in [0.25, 0.3) is 0 Å². The summed E-state index contributed by atoms with van der Waals surface area (Å²) in [6, 6.07) is 6.70. The summed E-state index contributed by atoms with van der Waals surface area (Å²) in [6.07, 6.45) is -1.58. The number of carbonyl (C=O) groups is 1. The van der Waals surface area contributed by atoms with E-state index in [1.165, 1.54) is 6.20 Å². The Kier molecular flexibility index (Phi) is 5.76. The van der Waals surface area contributed by atoms with Crippen LogP contribution < -0.4 is 10.2 Å². The van der Waals surface area contributed by atoms with Crippen LogP contribution in [0, 0.1) is 0 Å². The molecule has 4 heterocycles. The molecule has 2 aromatic heterocycles. The van der Waals surface area contributed by atoms with Crippen LogP contribution in [0.1, 0.15) is 19.8 Å². The van der Waals surface area contributed by atoms with E-state index in [1.807, 2.05) is 0 Å². The molecular weight excluding hydrogens is 453 g/mol. The van der Waals surface area contributed by atoms with Crippen LogP contribution in [0.4, 0.5) is 29.5 Å². The number of alkyl halides is 3. The van der Waals surface area contributed by atoms with E-state index in [2.05, 4.69) is 20.3 Å². The Morgan fingerprint density at radius 3 is 2.53 bits per heavy atom. The summed E-state index contributed by atoms with van der Waals surface area (Å²) in [6.45, 7) is 1.92. The molecule has 2 atom stereocenters. The number of anilines is 2. The quantitative estimate of drug-likeness (QED) is 0.595. The number of amides is 1. The molecule has 180 valence electrons. The molecule has 9 nitrogen and oxygen atoms in total. The van der Waals surface area contributed by atoms with Gasteiger partial charge >= 0.3 is 12.3 Å². The van der Waals surface area contributed by atoms with Crippen LogP contribution in [0.25, 0.3) is 22.4 Å². The Morgan fingerprint density at radius 1 is 1.18 bits per heavy atom. The highest BCUT2D eigenvalue weighted by Crippen LogP contribution is 2.34. The van der Waals surface area contributed by atoms with E-state index in [9.17, 15) is 18.0 Å². The van der Waals surface area contributed by atoms with Gasteiger partial charge in [-0.1, -0.05) is 0 Å². The third kappa shape index (κ3) is 4.63. The highest BCUT2D eigenvalue weighted by molar-refractivity contribution is 5.89. The SMILES string of the molecule is CCOC(=O)Nc1ccc(-c2nc(N3CC4CCC(C3)O4)c3cnn(CC(F)(F)F)c3n2)cc1. The van der Waals surface area contributed by atoms with Crippen molar-refractivity contribution in [3.05, 3.63) is 30.5 Å². The number of morpholine rings is 1. The van der Waals surface area contributed by atoms with Crippen LogP contribution in [0.5, 0.6) is 0 Å². The van der Waals surface area contributed by atoms with Crippen molar-refractivity contribution in [2.45, 2.75) is 44.7 Å². The number of aromatic nitrogens is 4. The van der Waals surface area contributed by atoms with Gasteiger partial charge in [0.05, 0.1) is 30.4 Å². The van der Waals surface area contributed by atoms with Crippen LogP contribution in [-0.4, -0.2) is 63.9 Å². The summed E-state index contributed by atoms with van der Waals surface area (Å²) in [5.41, 5.74) is 1.22. The van der Waals surface area contributed by atoms with Crippen molar-refractivity contribution in [3.8, 4) is 11.4 Å². The molecule has 2 unspecified atom stereocenters. The number of hydrogen-bond acceptors (Lipinski definition) is 7. The van der Waals surface area contributed by atoms with E-state index in [0.717, 1.165) is 17.5 Å². The molecule has 34 heavy (non-hydrogen) atoms. The number of halogens is 3. The molecule has 2 bridgehead atoms. The van der Waals surface area contributed by atoms with Gasteiger partial charge in [0.2, 0.25) is 0 Å². The largest absolute Gasteiger partial charge is 0.450 e. The zero-order chi connectivity index (χ0) is 23.9. The van der Waals surface area contributed by atoms with E-state index in [1.54, 1.807) is 31.2 Å². The molecule has 0 spiro atoms. The van der Waals surface area contributed by atoms with Crippen LogP contribution in [0.2, 0.25) is 0 Å². The number of fused-ring (bicyclic) bond motifs is 3. The summed E-state index contributed by atoms with van der Waals surface area (Å²) < 4.78 is 51.1. The molecule has 2 saturated heterocycles. The third-order valence-corrected chi connectivity index (χ3v) is 5.81. The summed E-state index contributed by atoms with van der Waals surface area (Å²) in [7, 11) is 0. The van der Waals surface area contributed by atoms with Gasteiger partial charge in [0.15, 0.2) is 11.5 Å². The average molecular weight is 476 g/mol. The molecule has 1 amide bonds. The van der Waals surface area contributed by atoms with Crippen LogP contribution in [-0.2, 0) is 16.0 Å². The third-order valence-electron chi connectivity index (χ3n) is 5.81. The first-order valence-electron chi connectivity index (χ1n) is 11.0. The van der Waals surface area contributed by atoms with E-state index >= 15 is 0 Å². The lowest BCUT2D eigenvalue weighted by Crippen LogP contribution is -2.43. The second-order valence-corrected chi connectivity index (χ2v) is 8.31. The van der Waals surface area contributed by atoms with E-state index < -0.39 is 18.8 Å². The molecule has 5 rings (SSSR count). The molecule has 0 saturated carbocycles. The van der Waals surface area contributed by atoms with Gasteiger partial charge in [-0.3, -0.25) is 5.32 Å². The van der Waals surface area contributed by atoms with E-state index in [0.29, 0.717) is 35.5 Å². The highest BCUT2D eigenvalue weighted by Gasteiger charge is 2.36. The van der Waals surface area contributed by atoms with Gasteiger partial charge in [-0.25, -0.2) is 19.4 Å². The van der Waals surface area contributed by atoms with Crippen LogP contribution in [0.3, 0.4) is 0 Å². The Hall–Kier alpha value is -3.41. The van der Waals surface area contributed by atoms with Crippen LogP contribution >= 0.6 is 0 Å². The molecule has 2 aliphatic rings. The summed E-state index contributed by atoms with van der Waals surface area (Å²) in [5.74, 6) is 0.815. The lowest BCUT2D eigenvalue weighted by molar-refractivity contribution is -0.141. The zero-order valence-corrected chi connectivity index (χ0v) is 18.4. The fourth-order valence-corrected chi connectivity index (χ4v) is 4.37. The zero-order valence-electron chi connectivity index (χ0n) is 18.4. The Labute approximate surface area is 192 Å². The van der Waals surface area contributed by atoms with Crippen LogP contribution in [0.15, 0.2) is 30.5 Å². The molecule has 0 aliphatic carbocycles. The average Bonchev–Trinajstić information content (AvgIpc) is 3.34. The van der Waals surface area contributed by atoms with E-state index in [-0.39, 0.29) is 30.3 Å². The predicted octanol–water partition coefficient (Wildman–Crippen LogP) is 3.99. The first-order chi connectivity index (χ1) is 16.3. The van der Waals surface area contributed by atoms with Gasteiger partial charge in [-0.2, -0.15) is 18.3 Å². The Morgan fingerprint density at radius 2 is 1.88 bits per heavy atom. The lowest BCUT2D eigenvalue weighted by Gasteiger charge is -2.33. The monoisotopic (exact) mass is 476 g/mol. The van der Waals surface area contributed by atoms with Crippen molar-refractivity contribution in [2.75, 3.05) is 29.9 Å². The predicted molar refractivity (Wildman–Crippen MR) is 118 cm³/mol. The minimum Gasteiger partial charge on any atom is -0.450 e. The number of hydrogen-bond donors (Lipinski definition) is 1. The fraction of sp³-hybridized carbons (Fsp3) is 0.455. The standard InChI is InChI=1S/C22H23F3N6O3/c1-2-33-21(32)27-14-5-3-13(4-6-14)18-28-19(30-10-15-7-8-16(11-30)34-15)17-9-26-31(20(17)29-18)12-22(23,24)25/h3-6,9,15-16H,2,7-8,10-12H2,1H3,(H,27,32). The van der Waals surface area contributed by atoms with Gasteiger partial charge < -0.3 is 14.4 Å². The molecule has 3 aromatic rings. The maximum absolute atomic E-state index is 13.2. The highest BCUT2D eigenvalue weighted by atomic mass is 19.4. The second-order valence-electron chi connectivity index (χ2n) is 8.31. The number of nitrogens with one attached hydrogen (secondary N) is 1. The topological polar surface area (TPSA) is 94.4 Å². The van der Waals surface area contributed by atoms with Crippen molar-refractivity contribution in [1.29, 1.82) is 0 Å². The summed E-state index contributed by atoms with van der Waals surface area (Å²) in [5, 5.41) is 7.03. The van der Waals surface area contributed by atoms with Gasteiger partial charge in [0.1, 0.15) is 12.4 Å². The summed E-state index contributed by atoms with van der Waals surface area (Å²) >= 11 is 0. The number of ether oxygens (including phenoxy) is 2. The van der Waals surface area contributed by atoms with Crippen molar-refractivity contribution in [2.24, 2.45) is 0 Å². The Balaban J connectivity index is 1.53. The van der Waals surface area contributed by atoms with Crippen molar-refractivity contribution in [3.63, 3.8) is 0 Å². The lowest BCUT2D eigenvalue weighted by atomic mass is 10.2. The minimum atomic E-state index is -4.44. The molecular formula is C22H23F3N6O3. The maximum atomic E-state index is 13.2. The van der Waals surface area contributed by atoms with Gasteiger partial charge in [-0.05, 0) is 44.0 Å². The number of carbonyl (C=O) groups excluding carboxylic acids is 1. The smallest absolute Gasteiger partial charge is 0.411 e. The molecule has 12 heteroatoms. The maximum Gasteiger partial charge on any atom is 0.411 e. The number of rotatable bonds is 5. The van der Waals surface area contributed by atoms with Gasteiger partial charge in [0, 0.05) is 24.3 Å². The molecule has 0 radical (unpaired) electrons. The Bertz CT molecular complexity index is 1190. The first kappa shape index (κ1) is 22.4. The van der Waals surface area contributed by atoms with Crippen molar-refractivity contribution >= 4 is 28.6 Å². The fourth-order valence-electron chi connectivity index (χ4n) is 4.37. The van der Waals surface area contributed by atoms with Gasteiger partial charge in [-0.15, -0.1) is 0 Å². The number of nitrogens with zero attached hydrogens (tertiary/aromatic N) is 5. The molecule has 2 fully saturated rings.